The first-order chi connectivity index (χ1) is 7.59. The van der Waals surface area contributed by atoms with E-state index in [1.165, 1.54) is 0 Å². The first-order valence-corrected chi connectivity index (χ1v) is 5.75. The van der Waals surface area contributed by atoms with Gasteiger partial charge in [0, 0.05) is 0 Å². The van der Waals surface area contributed by atoms with Crippen LogP contribution in [0.5, 0.6) is 0 Å². The maximum absolute atomic E-state index is 10.3. The average molecular weight is 222 g/mol. The third kappa shape index (κ3) is 3.73. The van der Waals surface area contributed by atoms with Crippen LogP contribution in [0.2, 0.25) is 0 Å². The fraction of sp³-hybridized carbons (Fsp3) is 0.833. The second-order valence-electron chi connectivity index (χ2n) is 4.95. The highest BCUT2D eigenvalue weighted by Crippen LogP contribution is 2.36. The first-order valence-electron chi connectivity index (χ1n) is 5.75. The van der Waals surface area contributed by atoms with Crippen LogP contribution < -0.4 is 0 Å². The van der Waals surface area contributed by atoms with Crippen molar-refractivity contribution in [1.82, 2.24) is 0 Å². The Balaban J connectivity index is 2.43. The van der Waals surface area contributed by atoms with Crippen LogP contribution >= 0.6 is 0 Å². The van der Waals surface area contributed by atoms with Crippen LogP contribution in [0.4, 0.5) is 0 Å². The van der Waals surface area contributed by atoms with Gasteiger partial charge in [-0.1, -0.05) is 0 Å². The molecule has 16 heavy (non-hydrogen) atoms. The molecule has 0 heterocycles. The van der Waals surface area contributed by atoms with Crippen LogP contribution in [0, 0.1) is 5.92 Å². The molecule has 0 aliphatic heterocycles. The van der Waals surface area contributed by atoms with Crippen LogP contribution in [0.25, 0.3) is 0 Å². The summed E-state index contributed by atoms with van der Waals surface area (Å²) in [5.41, 5.74) is -0.213. The van der Waals surface area contributed by atoms with Crippen LogP contribution in [0.15, 0.2) is 9.98 Å². The molecule has 1 aliphatic carbocycles. The quantitative estimate of drug-likeness (QED) is 0.541. The highest BCUT2D eigenvalue weighted by atomic mass is 16.1. The molecule has 1 rings (SSSR count). The molecule has 4 heteroatoms. The van der Waals surface area contributed by atoms with E-state index in [0.717, 1.165) is 32.1 Å². The van der Waals surface area contributed by atoms with Crippen molar-refractivity contribution in [2.75, 3.05) is 0 Å². The van der Waals surface area contributed by atoms with Crippen molar-refractivity contribution in [3.63, 3.8) is 0 Å². The van der Waals surface area contributed by atoms with Crippen LogP contribution in [0.1, 0.15) is 46.0 Å². The highest BCUT2D eigenvalue weighted by Gasteiger charge is 2.31. The fourth-order valence-electron chi connectivity index (χ4n) is 2.38. The monoisotopic (exact) mass is 222 g/mol. The molecule has 0 aromatic heterocycles. The van der Waals surface area contributed by atoms with E-state index < -0.39 is 0 Å². The van der Waals surface area contributed by atoms with E-state index in [9.17, 15) is 9.59 Å². The molecule has 1 atom stereocenters. The Kier molecular flexibility index (Phi) is 4.60. The van der Waals surface area contributed by atoms with E-state index in [1.54, 1.807) is 12.2 Å². The molecular weight excluding hydrogens is 204 g/mol. The third-order valence-electron chi connectivity index (χ3n) is 3.45. The van der Waals surface area contributed by atoms with Crippen molar-refractivity contribution in [1.29, 1.82) is 0 Å². The SMILES string of the molecule is C[C@H](CC1CCC(C)(N=C=O)CC1)N=C=O. The molecule has 0 aromatic carbocycles. The topological polar surface area (TPSA) is 58.9 Å². The summed E-state index contributed by atoms with van der Waals surface area (Å²) >= 11 is 0. The van der Waals surface area contributed by atoms with E-state index in [0.29, 0.717) is 5.92 Å². The van der Waals surface area contributed by atoms with Gasteiger partial charge in [-0.25, -0.2) is 14.6 Å². The van der Waals surface area contributed by atoms with Gasteiger partial charge in [0.25, 0.3) is 0 Å². The highest BCUT2D eigenvalue weighted by molar-refractivity contribution is 5.34. The second-order valence-corrected chi connectivity index (χ2v) is 4.95. The van der Waals surface area contributed by atoms with Crippen LogP contribution in [-0.4, -0.2) is 23.7 Å². The Morgan fingerprint density at radius 3 is 2.44 bits per heavy atom. The number of aliphatic imine (C=N–C) groups is 2. The van der Waals surface area contributed by atoms with E-state index in [4.69, 9.17) is 0 Å². The van der Waals surface area contributed by atoms with Crippen molar-refractivity contribution in [3.8, 4) is 0 Å². The molecule has 0 N–H and O–H groups in total. The Labute approximate surface area is 95.9 Å². The first kappa shape index (κ1) is 12.8. The summed E-state index contributed by atoms with van der Waals surface area (Å²) in [6, 6.07) is 0.0569. The van der Waals surface area contributed by atoms with Gasteiger partial charge in [-0.2, -0.15) is 4.99 Å². The van der Waals surface area contributed by atoms with Gasteiger partial charge in [-0.15, -0.1) is 0 Å². The third-order valence-corrected chi connectivity index (χ3v) is 3.45. The molecule has 0 saturated heterocycles. The molecule has 0 bridgehead atoms. The minimum atomic E-state index is -0.213. The summed E-state index contributed by atoms with van der Waals surface area (Å²) in [4.78, 5) is 27.9. The molecule has 0 amide bonds. The van der Waals surface area contributed by atoms with Crippen LogP contribution in [0.3, 0.4) is 0 Å². The molecule has 0 spiro atoms. The lowest BCUT2D eigenvalue weighted by molar-refractivity contribution is 0.236. The van der Waals surface area contributed by atoms with Crippen molar-refractivity contribution in [2.24, 2.45) is 15.9 Å². The Morgan fingerprint density at radius 1 is 1.31 bits per heavy atom. The van der Waals surface area contributed by atoms with Gasteiger partial charge in [-0.05, 0) is 51.9 Å². The number of rotatable bonds is 4. The summed E-state index contributed by atoms with van der Waals surface area (Å²) in [6.07, 6.45) is 8.11. The normalized spacial score (nSPS) is 31.0. The van der Waals surface area contributed by atoms with Crippen LogP contribution in [-0.2, 0) is 9.59 Å². The molecule has 1 fully saturated rings. The van der Waals surface area contributed by atoms with Crippen molar-refractivity contribution < 1.29 is 9.59 Å². The molecule has 4 nitrogen and oxygen atoms in total. The van der Waals surface area contributed by atoms with Gasteiger partial charge in [0.05, 0.1) is 11.6 Å². The van der Waals surface area contributed by atoms with Crippen molar-refractivity contribution in [3.05, 3.63) is 0 Å². The van der Waals surface area contributed by atoms with Crippen molar-refractivity contribution in [2.45, 2.75) is 57.5 Å². The number of hydrogen-bond acceptors (Lipinski definition) is 4. The summed E-state index contributed by atoms with van der Waals surface area (Å²) in [5.74, 6) is 0.585. The number of hydrogen-bond donors (Lipinski definition) is 0. The summed E-state index contributed by atoms with van der Waals surface area (Å²) < 4.78 is 0. The Bertz CT molecular complexity index is 320. The molecule has 1 saturated carbocycles. The zero-order chi connectivity index (χ0) is 12.0. The van der Waals surface area contributed by atoms with E-state index in [-0.39, 0.29) is 11.6 Å². The zero-order valence-corrected chi connectivity index (χ0v) is 9.90. The number of isocyanates is 2. The average Bonchev–Trinajstić information content (AvgIpc) is 2.22. The van der Waals surface area contributed by atoms with Gasteiger partial charge < -0.3 is 0 Å². The lowest BCUT2D eigenvalue weighted by atomic mass is 9.76. The zero-order valence-electron chi connectivity index (χ0n) is 9.90. The lowest BCUT2D eigenvalue weighted by Gasteiger charge is -2.33. The predicted molar refractivity (Wildman–Crippen MR) is 60.7 cm³/mol. The fourth-order valence-corrected chi connectivity index (χ4v) is 2.38. The Hall–Kier alpha value is -1.24. The maximum Gasteiger partial charge on any atom is 0.235 e. The van der Waals surface area contributed by atoms with Crippen molar-refractivity contribution >= 4 is 12.2 Å². The number of nitrogens with zero attached hydrogens (tertiary/aromatic N) is 2. The van der Waals surface area contributed by atoms with Gasteiger partial charge in [0.15, 0.2) is 0 Å². The Morgan fingerprint density at radius 2 is 1.94 bits per heavy atom. The molecule has 0 aromatic rings. The largest absolute Gasteiger partial charge is 0.235 e. The summed E-state index contributed by atoms with van der Waals surface area (Å²) in [5, 5.41) is 0. The minimum Gasteiger partial charge on any atom is -0.211 e. The standard InChI is InChI=1S/C12H18N2O2/c1-10(13-8-15)7-11-3-5-12(2,6-4-11)14-9-16/h10-11H,3-7H2,1-2H3/t10-,11?,12?/m1/s1. The maximum atomic E-state index is 10.3. The summed E-state index contributed by atoms with van der Waals surface area (Å²) in [6.45, 7) is 3.93. The van der Waals surface area contributed by atoms with E-state index in [1.807, 2.05) is 13.8 Å². The van der Waals surface area contributed by atoms with Gasteiger partial charge >= 0.3 is 0 Å². The lowest BCUT2D eigenvalue weighted by Crippen LogP contribution is -2.29. The smallest absolute Gasteiger partial charge is 0.211 e. The number of carbonyl (C=O) groups excluding carboxylic acids is 2. The van der Waals surface area contributed by atoms with Gasteiger partial charge in [0.1, 0.15) is 0 Å². The minimum absolute atomic E-state index is 0.0569. The van der Waals surface area contributed by atoms with Gasteiger partial charge in [-0.3, -0.25) is 0 Å². The molecule has 0 radical (unpaired) electrons. The van der Waals surface area contributed by atoms with E-state index in [2.05, 4.69) is 9.98 Å². The summed E-state index contributed by atoms with van der Waals surface area (Å²) in [7, 11) is 0. The van der Waals surface area contributed by atoms with E-state index >= 15 is 0 Å². The predicted octanol–water partition coefficient (Wildman–Crippen LogP) is 2.39. The molecular formula is C12H18N2O2. The molecule has 88 valence electrons. The molecule has 0 unspecified atom stereocenters. The second kappa shape index (κ2) is 5.74. The van der Waals surface area contributed by atoms with Gasteiger partial charge in [0.2, 0.25) is 12.2 Å². The molecule has 1 aliphatic rings.